The molecule has 2 rings (SSSR count). The lowest BCUT2D eigenvalue weighted by Gasteiger charge is -2.16. The van der Waals surface area contributed by atoms with E-state index in [-0.39, 0.29) is 0 Å². The van der Waals surface area contributed by atoms with Crippen molar-refractivity contribution in [3.05, 3.63) is 36.9 Å². The van der Waals surface area contributed by atoms with Gasteiger partial charge in [0, 0.05) is 38.3 Å². The van der Waals surface area contributed by atoms with Gasteiger partial charge in [0.2, 0.25) is 0 Å². The van der Waals surface area contributed by atoms with Crippen LogP contribution in [0.5, 0.6) is 0 Å². The summed E-state index contributed by atoms with van der Waals surface area (Å²) in [5, 5.41) is 9.17. The van der Waals surface area contributed by atoms with E-state index in [1.165, 1.54) is 20.8 Å². The lowest BCUT2D eigenvalue weighted by atomic mass is 10.1. The number of halogens is 1. The van der Waals surface area contributed by atoms with E-state index < -0.39 is 0 Å². The van der Waals surface area contributed by atoms with Crippen LogP contribution < -0.4 is 5.32 Å². The molecule has 0 saturated heterocycles. The Kier molecular flexibility index (Phi) is 6.01. The van der Waals surface area contributed by atoms with Crippen LogP contribution in [0.2, 0.25) is 0 Å². The van der Waals surface area contributed by atoms with Gasteiger partial charge in [-0.05, 0) is 48.3 Å². The van der Waals surface area contributed by atoms with Gasteiger partial charge in [0.25, 0.3) is 0 Å². The number of aryl methyl sites for hydroxylation is 1. The summed E-state index contributed by atoms with van der Waals surface area (Å²) in [5.41, 5.74) is 1.13. The maximum absolute atomic E-state index is 4.58. The van der Waals surface area contributed by atoms with Crippen molar-refractivity contribution in [3.8, 4) is 0 Å². The molecule has 0 bridgehead atoms. The van der Waals surface area contributed by atoms with Crippen LogP contribution in [0, 0.1) is 6.92 Å². The van der Waals surface area contributed by atoms with Gasteiger partial charge < -0.3 is 5.32 Å². The average molecular weight is 359 g/mol. The van der Waals surface area contributed by atoms with Crippen LogP contribution in [-0.2, 0) is 12.8 Å². The first-order valence-electron chi connectivity index (χ1n) is 6.54. The number of thiazole rings is 1. The molecule has 5 heteroatoms. The zero-order valence-electron chi connectivity index (χ0n) is 11.3. The molecule has 2 aromatic rings. The van der Waals surface area contributed by atoms with Crippen molar-refractivity contribution < 1.29 is 0 Å². The van der Waals surface area contributed by atoms with Crippen molar-refractivity contribution in [1.29, 1.82) is 0 Å². The zero-order chi connectivity index (χ0) is 13.7. The molecular weight excluding hydrogens is 340 g/mol. The van der Waals surface area contributed by atoms with Gasteiger partial charge in [-0.3, -0.25) is 0 Å². The third-order valence-corrected chi connectivity index (χ3v) is 5.55. The smallest absolute Gasteiger partial charge is 0.0943 e. The second-order valence-corrected chi connectivity index (χ2v) is 7.53. The molecule has 2 heterocycles. The van der Waals surface area contributed by atoms with E-state index in [2.05, 4.69) is 56.9 Å². The SMILES string of the molecule is CCCNC(Cc1cc(Br)cs1)Cc1nc(C)cs1. The summed E-state index contributed by atoms with van der Waals surface area (Å²) in [5.74, 6) is 0. The highest BCUT2D eigenvalue weighted by atomic mass is 79.9. The average Bonchev–Trinajstić information content (AvgIpc) is 2.95. The fourth-order valence-corrected chi connectivity index (χ4v) is 4.36. The van der Waals surface area contributed by atoms with Crippen molar-refractivity contribution in [3.63, 3.8) is 0 Å². The van der Waals surface area contributed by atoms with Crippen LogP contribution in [0.15, 0.2) is 21.3 Å². The van der Waals surface area contributed by atoms with Crippen molar-refractivity contribution in [1.82, 2.24) is 10.3 Å². The van der Waals surface area contributed by atoms with Crippen LogP contribution in [0.25, 0.3) is 0 Å². The number of nitrogens with one attached hydrogen (secondary N) is 1. The molecule has 19 heavy (non-hydrogen) atoms. The van der Waals surface area contributed by atoms with Crippen LogP contribution >= 0.6 is 38.6 Å². The molecule has 0 amide bonds. The minimum absolute atomic E-state index is 0.482. The molecule has 0 radical (unpaired) electrons. The quantitative estimate of drug-likeness (QED) is 0.791. The minimum Gasteiger partial charge on any atom is -0.313 e. The van der Waals surface area contributed by atoms with Crippen LogP contribution in [0.3, 0.4) is 0 Å². The van der Waals surface area contributed by atoms with Crippen molar-refractivity contribution >= 4 is 38.6 Å². The molecule has 0 aliphatic carbocycles. The molecule has 0 aromatic carbocycles. The summed E-state index contributed by atoms with van der Waals surface area (Å²) in [4.78, 5) is 6.00. The van der Waals surface area contributed by atoms with Crippen LogP contribution in [0.1, 0.15) is 28.9 Å². The second-order valence-electron chi connectivity index (χ2n) is 4.67. The lowest BCUT2D eigenvalue weighted by Crippen LogP contribution is -2.33. The second kappa shape index (κ2) is 7.53. The van der Waals surface area contributed by atoms with Gasteiger partial charge in [-0.2, -0.15) is 0 Å². The molecule has 1 unspecified atom stereocenters. The normalized spacial score (nSPS) is 12.8. The molecule has 0 aliphatic heterocycles. The number of hydrogen-bond donors (Lipinski definition) is 1. The standard InChI is InChI=1S/C14H19BrN2S2/c1-3-4-16-12(6-13-5-11(15)9-18-13)7-14-17-10(2)8-19-14/h5,8-9,12,16H,3-4,6-7H2,1-2H3. The Hall–Kier alpha value is -0.230. The van der Waals surface area contributed by atoms with E-state index in [0.717, 1.165) is 25.1 Å². The first kappa shape index (κ1) is 15.2. The maximum Gasteiger partial charge on any atom is 0.0943 e. The minimum atomic E-state index is 0.482. The molecule has 2 aromatic heterocycles. The highest BCUT2D eigenvalue weighted by Gasteiger charge is 2.13. The molecule has 0 aliphatic rings. The zero-order valence-corrected chi connectivity index (χ0v) is 14.5. The molecule has 0 fully saturated rings. The highest BCUT2D eigenvalue weighted by molar-refractivity contribution is 9.10. The summed E-state index contributed by atoms with van der Waals surface area (Å²) in [7, 11) is 0. The fraction of sp³-hybridized carbons (Fsp3) is 0.500. The lowest BCUT2D eigenvalue weighted by molar-refractivity contribution is 0.506. The number of rotatable bonds is 7. The Labute approximate surface area is 131 Å². The summed E-state index contributed by atoms with van der Waals surface area (Å²) >= 11 is 7.12. The molecule has 2 nitrogen and oxygen atoms in total. The predicted octanol–water partition coefficient (Wildman–Crippen LogP) is 4.43. The highest BCUT2D eigenvalue weighted by Crippen LogP contribution is 2.22. The van der Waals surface area contributed by atoms with Gasteiger partial charge >= 0.3 is 0 Å². The van der Waals surface area contributed by atoms with Gasteiger partial charge in [-0.25, -0.2) is 4.98 Å². The van der Waals surface area contributed by atoms with Crippen molar-refractivity contribution in [2.45, 2.75) is 39.2 Å². The van der Waals surface area contributed by atoms with Gasteiger partial charge in [0.05, 0.1) is 5.01 Å². The Morgan fingerprint density at radius 1 is 1.32 bits per heavy atom. The number of nitrogens with zero attached hydrogens (tertiary/aromatic N) is 1. The van der Waals surface area contributed by atoms with Crippen molar-refractivity contribution in [2.75, 3.05) is 6.54 Å². The van der Waals surface area contributed by atoms with Gasteiger partial charge in [-0.1, -0.05) is 6.92 Å². The van der Waals surface area contributed by atoms with Gasteiger partial charge in [0.1, 0.15) is 0 Å². The first-order chi connectivity index (χ1) is 9.17. The van der Waals surface area contributed by atoms with Gasteiger partial charge in [-0.15, -0.1) is 22.7 Å². The Morgan fingerprint density at radius 2 is 2.16 bits per heavy atom. The van der Waals surface area contributed by atoms with E-state index in [9.17, 15) is 0 Å². The summed E-state index contributed by atoms with van der Waals surface area (Å²) in [6, 6.07) is 2.70. The molecule has 0 saturated carbocycles. The molecule has 1 atom stereocenters. The van der Waals surface area contributed by atoms with Crippen molar-refractivity contribution in [2.24, 2.45) is 0 Å². The molecule has 0 spiro atoms. The topological polar surface area (TPSA) is 24.9 Å². The third kappa shape index (κ3) is 4.99. The Morgan fingerprint density at radius 3 is 2.74 bits per heavy atom. The number of aromatic nitrogens is 1. The summed E-state index contributed by atoms with van der Waals surface area (Å²) < 4.78 is 1.19. The molecule has 104 valence electrons. The maximum atomic E-state index is 4.58. The fourth-order valence-electron chi connectivity index (χ4n) is 1.98. The number of thiophene rings is 1. The van der Waals surface area contributed by atoms with Crippen LogP contribution in [-0.4, -0.2) is 17.6 Å². The van der Waals surface area contributed by atoms with Gasteiger partial charge in [0.15, 0.2) is 0 Å². The number of hydrogen-bond acceptors (Lipinski definition) is 4. The Balaban J connectivity index is 1.98. The predicted molar refractivity (Wildman–Crippen MR) is 88.4 cm³/mol. The molecule has 1 N–H and O–H groups in total. The Bertz CT molecular complexity index is 465. The summed E-state index contributed by atoms with van der Waals surface area (Å²) in [6.07, 6.45) is 3.27. The van der Waals surface area contributed by atoms with E-state index in [0.29, 0.717) is 6.04 Å². The van der Waals surface area contributed by atoms with E-state index >= 15 is 0 Å². The first-order valence-corrected chi connectivity index (χ1v) is 9.10. The van der Waals surface area contributed by atoms with Crippen LogP contribution in [0.4, 0.5) is 0 Å². The van der Waals surface area contributed by atoms with E-state index in [1.807, 2.05) is 11.3 Å². The molecular formula is C14H19BrN2S2. The monoisotopic (exact) mass is 358 g/mol. The van der Waals surface area contributed by atoms with E-state index in [4.69, 9.17) is 0 Å². The summed E-state index contributed by atoms with van der Waals surface area (Å²) in [6.45, 7) is 5.34. The third-order valence-electron chi connectivity index (χ3n) is 2.84. The largest absolute Gasteiger partial charge is 0.313 e. The van der Waals surface area contributed by atoms with E-state index in [1.54, 1.807) is 11.3 Å².